The molecule has 110 valence electrons. The van der Waals surface area contributed by atoms with E-state index in [-0.39, 0.29) is 0 Å². The topological polar surface area (TPSA) is 15.3 Å². The molecule has 2 aliphatic heterocycles. The number of fused-ring (bicyclic) bond motifs is 2. The normalized spacial score (nSPS) is 29.6. The molecule has 0 spiro atoms. The molecule has 2 fully saturated rings. The number of benzene rings is 1. The zero-order valence-electron chi connectivity index (χ0n) is 13.2. The minimum absolute atomic E-state index is 0.732. The fourth-order valence-corrected chi connectivity index (χ4v) is 4.41. The standard InChI is InChI=1S/C18H28N2/c1-4-19-15-11-16-9-6-10-17(12-15)20(16)18-13(2)7-5-8-14(18)3/h5,7-8,15-17,19H,4,6,9-12H2,1-3H3. The molecule has 0 aromatic heterocycles. The molecular weight excluding hydrogens is 244 g/mol. The van der Waals surface area contributed by atoms with E-state index in [9.17, 15) is 0 Å². The SMILES string of the molecule is CCNC1CC2CCCC(C1)N2c1c(C)cccc1C. The van der Waals surface area contributed by atoms with Crippen LogP contribution in [-0.2, 0) is 0 Å². The van der Waals surface area contributed by atoms with Gasteiger partial charge in [-0.2, -0.15) is 0 Å². The van der Waals surface area contributed by atoms with Crippen molar-refractivity contribution in [2.24, 2.45) is 0 Å². The molecule has 2 aliphatic rings. The number of piperidine rings is 2. The molecule has 3 rings (SSSR count). The van der Waals surface area contributed by atoms with Crippen LogP contribution in [0.3, 0.4) is 0 Å². The van der Waals surface area contributed by atoms with Crippen LogP contribution >= 0.6 is 0 Å². The molecule has 2 heterocycles. The molecule has 20 heavy (non-hydrogen) atoms. The van der Waals surface area contributed by atoms with E-state index in [2.05, 4.69) is 49.2 Å². The van der Waals surface area contributed by atoms with Gasteiger partial charge in [-0.05, 0) is 63.6 Å². The second kappa shape index (κ2) is 5.77. The lowest BCUT2D eigenvalue weighted by atomic mass is 9.80. The Hall–Kier alpha value is -1.02. The summed E-state index contributed by atoms with van der Waals surface area (Å²) in [4.78, 5) is 2.78. The molecule has 0 radical (unpaired) electrons. The first-order chi connectivity index (χ1) is 9.70. The van der Waals surface area contributed by atoms with Crippen LogP contribution in [0, 0.1) is 13.8 Å². The van der Waals surface area contributed by atoms with E-state index in [0.717, 1.165) is 24.7 Å². The summed E-state index contributed by atoms with van der Waals surface area (Å²) in [7, 11) is 0. The Labute approximate surface area is 123 Å². The van der Waals surface area contributed by atoms with Crippen molar-refractivity contribution >= 4 is 5.69 Å². The Bertz CT molecular complexity index is 434. The molecule has 0 saturated carbocycles. The van der Waals surface area contributed by atoms with E-state index in [1.54, 1.807) is 0 Å². The Morgan fingerprint density at radius 2 is 1.70 bits per heavy atom. The van der Waals surface area contributed by atoms with Gasteiger partial charge in [0.15, 0.2) is 0 Å². The average Bonchev–Trinajstić information content (AvgIpc) is 2.39. The van der Waals surface area contributed by atoms with Gasteiger partial charge in [0.25, 0.3) is 0 Å². The number of hydrogen-bond acceptors (Lipinski definition) is 2. The summed E-state index contributed by atoms with van der Waals surface area (Å²) in [5.74, 6) is 0. The van der Waals surface area contributed by atoms with Crippen LogP contribution in [0.25, 0.3) is 0 Å². The smallest absolute Gasteiger partial charge is 0.0430 e. The molecule has 0 aliphatic carbocycles. The van der Waals surface area contributed by atoms with E-state index >= 15 is 0 Å². The Morgan fingerprint density at radius 3 is 2.25 bits per heavy atom. The summed E-state index contributed by atoms with van der Waals surface area (Å²) < 4.78 is 0. The van der Waals surface area contributed by atoms with Gasteiger partial charge in [0.05, 0.1) is 0 Å². The lowest BCUT2D eigenvalue weighted by Crippen LogP contribution is -2.56. The largest absolute Gasteiger partial charge is 0.365 e. The lowest BCUT2D eigenvalue weighted by Gasteiger charge is -2.51. The number of para-hydroxylation sites is 1. The highest BCUT2D eigenvalue weighted by atomic mass is 15.2. The van der Waals surface area contributed by atoms with Crippen LogP contribution in [-0.4, -0.2) is 24.7 Å². The summed E-state index contributed by atoms with van der Waals surface area (Å²) in [6, 6.07) is 8.95. The molecule has 2 unspecified atom stereocenters. The van der Waals surface area contributed by atoms with Crippen LogP contribution in [0.15, 0.2) is 18.2 Å². The van der Waals surface area contributed by atoms with Crippen molar-refractivity contribution in [1.29, 1.82) is 0 Å². The van der Waals surface area contributed by atoms with Gasteiger partial charge in [0.1, 0.15) is 0 Å². The van der Waals surface area contributed by atoms with E-state index in [1.165, 1.54) is 48.9 Å². The number of nitrogens with one attached hydrogen (secondary N) is 1. The molecule has 2 saturated heterocycles. The summed E-state index contributed by atoms with van der Waals surface area (Å²) >= 11 is 0. The Morgan fingerprint density at radius 1 is 1.10 bits per heavy atom. The zero-order valence-corrected chi connectivity index (χ0v) is 13.2. The van der Waals surface area contributed by atoms with Gasteiger partial charge in [-0.25, -0.2) is 0 Å². The van der Waals surface area contributed by atoms with Crippen LogP contribution in [0.1, 0.15) is 50.2 Å². The Kier molecular flexibility index (Phi) is 4.02. The predicted octanol–water partition coefficient (Wildman–Crippen LogP) is 3.80. The van der Waals surface area contributed by atoms with Gasteiger partial charge in [-0.1, -0.05) is 25.1 Å². The first kappa shape index (κ1) is 13.9. The van der Waals surface area contributed by atoms with Gasteiger partial charge in [0, 0.05) is 23.8 Å². The van der Waals surface area contributed by atoms with E-state index < -0.39 is 0 Å². The fraction of sp³-hybridized carbons (Fsp3) is 0.667. The van der Waals surface area contributed by atoms with Crippen molar-refractivity contribution in [3.8, 4) is 0 Å². The summed E-state index contributed by atoms with van der Waals surface area (Å²) in [6.07, 6.45) is 6.78. The van der Waals surface area contributed by atoms with E-state index in [1.807, 2.05) is 0 Å². The molecule has 1 N–H and O–H groups in total. The highest BCUT2D eigenvalue weighted by Crippen LogP contribution is 2.40. The van der Waals surface area contributed by atoms with Crippen molar-refractivity contribution in [3.63, 3.8) is 0 Å². The second-order valence-electron chi connectivity index (χ2n) is 6.61. The van der Waals surface area contributed by atoms with Crippen molar-refractivity contribution in [3.05, 3.63) is 29.3 Å². The number of anilines is 1. The highest BCUT2D eigenvalue weighted by Gasteiger charge is 2.38. The van der Waals surface area contributed by atoms with Gasteiger partial charge in [-0.3, -0.25) is 0 Å². The second-order valence-corrected chi connectivity index (χ2v) is 6.61. The summed E-state index contributed by atoms with van der Waals surface area (Å²) in [6.45, 7) is 7.88. The van der Waals surface area contributed by atoms with Crippen molar-refractivity contribution in [2.45, 2.75) is 71.0 Å². The van der Waals surface area contributed by atoms with Gasteiger partial charge in [0.2, 0.25) is 0 Å². The van der Waals surface area contributed by atoms with E-state index in [0.29, 0.717) is 0 Å². The monoisotopic (exact) mass is 272 g/mol. The van der Waals surface area contributed by atoms with Crippen LogP contribution in [0.4, 0.5) is 5.69 Å². The fourth-order valence-electron chi connectivity index (χ4n) is 4.41. The maximum atomic E-state index is 3.69. The number of nitrogens with zero attached hydrogens (tertiary/aromatic N) is 1. The van der Waals surface area contributed by atoms with Crippen LogP contribution in [0.5, 0.6) is 0 Å². The van der Waals surface area contributed by atoms with Crippen LogP contribution in [0.2, 0.25) is 0 Å². The van der Waals surface area contributed by atoms with Gasteiger partial charge >= 0.3 is 0 Å². The first-order valence-electron chi connectivity index (χ1n) is 8.28. The van der Waals surface area contributed by atoms with E-state index in [4.69, 9.17) is 0 Å². The highest BCUT2D eigenvalue weighted by molar-refractivity contribution is 5.61. The molecular formula is C18H28N2. The third-order valence-electron chi connectivity index (χ3n) is 5.17. The van der Waals surface area contributed by atoms with Crippen LogP contribution < -0.4 is 10.2 Å². The minimum Gasteiger partial charge on any atom is -0.365 e. The summed E-state index contributed by atoms with van der Waals surface area (Å²) in [5, 5.41) is 3.69. The molecule has 2 nitrogen and oxygen atoms in total. The molecule has 2 bridgehead atoms. The third kappa shape index (κ3) is 2.46. The van der Waals surface area contributed by atoms with Crippen molar-refractivity contribution in [1.82, 2.24) is 5.32 Å². The van der Waals surface area contributed by atoms with Gasteiger partial charge < -0.3 is 10.2 Å². The molecule has 0 amide bonds. The number of aryl methyl sites for hydroxylation is 2. The lowest BCUT2D eigenvalue weighted by molar-refractivity contribution is 0.247. The maximum Gasteiger partial charge on any atom is 0.0430 e. The minimum atomic E-state index is 0.732. The predicted molar refractivity (Wildman–Crippen MR) is 86.5 cm³/mol. The maximum absolute atomic E-state index is 3.69. The van der Waals surface area contributed by atoms with Crippen molar-refractivity contribution < 1.29 is 0 Å². The number of hydrogen-bond donors (Lipinski definition) is 1. The third-order valence-corrected chi connectivity index (χ3v) is 5.17. The quantitative estimate of drug-likeness (QED) is 0.900. The molecule has 2 heteroatoms. The molecule has 2 atom stereocenters. The van der Waals surface area contributed by atoms with Gasteiger partial charge in [-0.15, -0.1) is 0 Å². The van der Waals surface area contributed by atoms with Crippen molar-refractivity contribution in [2.75, 3.05) is 11.4 Å². The first-order valence-corrected chi connectivity index (χ1v) is 8.28. The average molecular weight is 272 g/mol. The molecule has 1 aromatic rings. The zero-order chi connectivity index (χ0) is 14.1. The molecule has 1 aromatic carbocycles. The Balaban J connectivity index is 1.90. The number of rotatable bonds is 3. The summed E-state index contributed by atoms with van der Waals surface area (Å²) in [5.41, 5.74) is 4.42.